The number of nitrogens with zero attached hydrogens (tertiary/aromatic N) is 4. The minimum Gasteiger partial charge on any atom is -0.484 e. The first-order valence-corrected chi connectivity index (χ1v) is 7.49. The van der Waals surface area contributed by atoms with Gasteiger partial charge in [0, 0.05) is 23.5 Å². The van der Waals surface area contributed by atoms with E-state index >= 15 is 0 Å². The fraction of sp³-hybridized carbons (Fsp3) is 0.125. The molecule has 0 unspecified atom stereocenters. The summed E-state index contributed by atoms with van der Waals surface area (Å²) < 4.78 is 7.16. The van der Waals surface area contributed by atoms with Gasteiger partial charge in [-0.3, -0.25) is 9.36 Å². The summed E-state index contributed by atoms with van der Waals surface area (Å²) in [6.07, 6.45) is 6.37. The molecule has 122 valence electrons. The molecule has 7 nitrogen and oxygen atoms in total. The van der Waals surface area contributed by atoms with Gasteiger partial charge in [-0.05, 0) is 30.7 Å². The lowest BCUT2D eigenvalue weighted by atomic mass is 10.2. The predicted octanol–water partition coefficient (Wildman–Crippen LogP) is 2.64. The lowest BCUT2D eigenvalue weighted by Gasteiger charge is -2.09. The Balaban J connectivity index is 1.60. The van der Waals surface area contributed by atoms with Gasteiger partial charge in [-0.25, -0.2) is 15.0 Å². The maximum Gasteiger partial charge on any atom is 0.263 e. The Morgan fingerprint density at radius 3 is 2.96 bits per heavy atom. The van der Waals surface area contributed by atoms with Gasteiger partial charge in [0.15, 0.2) is 6.61 Å². The molecule has 3 rings (SSSR count). The molecule has 0 atom stereocenters. The Bertz CT molecular complexity index is 851. The van der Waals surface area contributed by atoms with Crippen LogP contribution >= 0.6 is 11.6 Å². The third-order valence-electron chi connectivity index (χ3n) is 3.19. The first-order chi connectivity index (χ1) is 11.6. The second-order valence-corrected chi connectivity index (χ2v) is 5.39. The van der Waals surface area contributed by atoms with E-state index in [-0.39, 0.29) is 12.5 Å². The van der Waals surface area contributed by atoms with Crippen molar-refractivity contribution in [3.8, 4) is 11.6 Å². The number of benzene rings is 1. The van der Waals surface area contributed by atoms with Crippen LogP contribution in [-0.2, 0) is 4.79 Å². The molecule has 1 amide bonds. The van der Waals surface area contributed by atoms with Crippen LogP contribution in [0.25, 0.3) is 5.82 Å². The van der Waals surface area contributed by atoms with E-state index in [2.05, 4.69) is 20.3 Å². The molecule has 2 heterocycles. The third kappa shape index (κ3) is 3.88. The largest absolute Gasteiger partial charge is 0.484 e. The summed E-state index contributed by atoms with van der Waals surface area (Å²) in [5.41, 5.74) is 0.885. The van der Waals surface area contributed by atoms with E-state index < -0.39 is 0 Å². The molecular formula is C16H14ClN5O2. The molecule has 0 bridgehead atoms. The smallest absolute Gasteiger partial charge is 0.263 e. The van der Waals surface area contributed by atoms with E-state index in [1.165, 1.54) is 6.33 Å². The summed E-state index contributed by atoms with van der Waals surface area (Å²) in [6, 6.07) is 6.86. The highest BCUT2D eigenvalue weighted by atomic mass is 35.5. The van der Waals surface area contributed by atoms with Crippen molar-refractivity contribution in [3.05, 3.63) is 59.9 Å². The van der Waals surface area contributed by atoms with Crippen LogP contribution in [0.1, 0.15) is 5.56 Å². The number of halogens is 1. The normalized spacial score (nSPS) is 10.4. The van der Waals surface area contributed by atoms with Gasteiger partial charge >= 0.3 is 0 Å². The van der Waals surface area contributed by atoms with E-state index in [9.17, 15) is 4.79 Å². The van der Waals surface area contributed by atoms with Gasteiger partial charge in [-0.15, -0.1) is 0 Å². The quantitative estimate of drug-likeness (QED) is 0.770. The Hall–Kier alpha value is -2.93. The first kappa shape index (κ1) is 15.9. The van der Waals surface area contributed by atoms with E-state index in [1.807, 2.05) is 6.92 Å². The average Bonchev–Trinajstić information content (AvgIpc) is 3.11. The highest BCUT2D eigenvalue weighted by Gasteiger charge is 2.07. The summed E-state index contributed by atoms with van der Waals surface area (Å²) in [7, 11) is 0. The van der Waals surface area contributed by atoms with Crippen LogP contribution in [-0.4, -0.2) is 32.0 Å². The number of carbonyl (C=O) groups is 1. The fourth-order valence-electron chi connectivity index (χ4n) is 1.99. The Morgan fingerprint density at radius 1 is 1.33 bits per heavy atom. The van der Waals surface area contributed by atoms with Gasteiger partial charge < -0.3 is 10.1 Å². The molecule has 1 aromatic carbocycles. The molecule has 0 fully saturated rings. The van der Waals surface area contributed by atoms with Crippen molar-refractivity contribution in [2.45, 2.75) is 6.92 Å². The Morgan fingerprint density at radius 2 is 2.21 bits per heavy atom. The number of aromatic nitrogens is 4. The van der Waals surface area contributed by atoms with E-state index in [0.29, 0.717) is 22.4 Å². The van der Waals surface area contributed by atoms with Crippen molar-refractivity contribution in [2.75, 3.05) is 11.9 Å². The minimum absolute atomic E-state index is 0.133. The van der Waals surface area contributed by atoms with Crippen LogP contribution < -0.4 is 10.1 Å². The van der Waals surface area contributed by atoms with Crippen molar-refractivity contribution in [1.82, 2.24) is 19.5 Å². The van der Waals surface area contributed by atoms with Crippen molar-refractivity contribution in [2.24, 2.45) is 0 Å². The van der Waals surface area contributed by atoms with E-state index in [0.717, 1.165) is 5.56 Å². The van der Waals surface area contributed by atoms with Crippen LogP contribution in [0.4, 0.5) is 5.82 Å². The van der Waals surface area contributed by atoms with Crippen LogP contribution in [0.15, 0.2) is 49.3 Å². The molecule has 1 N–H and O–H groups in total. The van der Waals surface area contributed by atoms with Crippen molar-refractivity contribution >= 4 is 23.3 Å². The van der Waals surface area contributed by atoms with Crippen LogP contribution in [0.3, 0.4) is 0 Å². The van der Waals surface area contributed by atoms with Gasteiger partial charge in [0.2, 0.25) is 0 Å². The summed E-state index contributed by atoms with van der Waals surface area (Å²) in [5.74, 6) is 1.24. The second-order valence-electron chi connectivity index (χ2n) is 4.98. The van der Waals surface area contributed by atoms with Crippen molar-refractivity contribution in [3.63, 3.8) is 0 Å². The number of aryl methyl sites for hydroxylation is 1. The summed E-state index contributed by atoms with van der Waals surface area (Å²) in [4.78, 5) is 24.1. The number of rotatable bonds is 5. The van der Waals surface area contributed by atoms with Crippen molar-refractivity contribution < 1.29 is 9.53 Å². The molecule has 0 aliphatic carbocycles. The standard InChI is InChI=1S/C16H14ClN5O2/c1-11-6-12(2-3-13(11)17)24-8-16(23)21-14-7-15(20-9-19-14)22-5-4-18-10-22/h2-7,9-10H,8H2,1H3,(H,19,20,21,23). The number of imidazole rings is 1. The zero-order valence-corrected chi connectivity index (χ0v) is 13.6. The molecule has 0 saturated heterocycles. The lowest BCUT2D eigenvalue weighted by Crippen LogP contribution is -2.21. The summed E-state index contributed by atoms with van der Waals surface area (Å²) in [5, 5.41) is 3.32. The van der Waals surface area contributed by atoms with Crippen LogP contribution in [0.5, 0.6) is 5.75 Å². The molecular weight excluding hydrogens is 330 g/mol. The third-order valence-corrected chi connectivity index (χ3v) is 3.61. The lowest BCUT2D eigenvalue weighted by molar-refractivity contribution is -0.118. The highest BCUT2D eigenvalue weighted by molar-refractivity contribution is 6.31. The number of hydrogen-bond acceptors (Lipinski definition) is 5. The molecule has 8 heteroatoms. The van der Waals surface area contributed by atoms with E-state index in [4.69, 9.17) is 16.3 Å². The fourth-order valence-corrected chi connectivity index (χ4v) is 2.10. The summed E-state index contributed by atoms with van der Waals surface area (Å²) in [6.45, 7) is 1.74. The number of anilines is 1. The maximum atomic E-state index is 12.0. The predicted molar refractivity (Wildman–Crippen MR) is 89.5 cm³/mol. The Kier molecular flexibility index (Phi) is 4.72. The maximum absolute atomic E-state index is 12.0. The number of ether oxygens (including phenoxy) is 1. The van der Waals surface area contributed by atoms with Gasteiger partial charge in [-0.2, -0.15) is 0 Å². The molecule has 2 aromatic heterocycles. The average molecular weight is 344 g/mol. The highest BCUT2D eigenvalue weighted by Crippen LogP contribution is 2.21. The summed E-state index contributed by atoms with van der Waals surface area (Å²) >= 11 is 5.95. The molecule has 24 heavy (non-hydrogen) atoms. The zero-order valence-electron chi connectivity index (χ0n) is 12.8. The molecule has 0 aliphatic heterocycles. The van der Waals surface area contributed by atoms with Gasteiger partial charge in [0.25, 0.3) is 5.91 Å². The number of amides is 1. The van der Waals surface area contributed by atoms with Crippen LogP contribution in [0, 0.1) is 6.92 Å². The molecule has 0 saturated carbocycles. The second kappa shape index (κ2) is 7.10. The SMILES string of the molecule is Cc1cc(OCC(=O)Nc2cc(-n3ccnc3)ncn2)ccc1Cl. The van der Waals surface area contributed by atoms with E-state index in [1.54, 1.807) is 47.6 Å². The minimum atomic E-state index is -0.321. The van der Waals surface area contributed by atoms with Crippen LogP contribution in [0.2, 0.25) is 5.02 Å². The Labute approximate surface area is 143 Å². The molecule has 0 aliphatic rings. The number of nitrogens with one attached hydrogen (secondary N) is 1. The molecule has 0 radical (unpaired) electrons. The first-order valence-electron chi connectivity index (χ1n) is 7.11. The number of hydrogen-bond donors (Lipinski definition) is 1. The van der Waals surface area contributed by atoms with Gasteiger partial charge in [0.05, 0.1) is 0 Å². The zero-order chi connectivity index (χ0) is 16.9. The molecule has 0 spiro atoms. The van der Waals surface area contributed by atoms with Gasteiger partial charge in [-0.1, -0.05) is 11.6 Å². The van der Waals surface area contributed by atoms with Crippen molar-refractivity contribution in [1.29, 1.82) is 0 Å². The number of carbonyl (C=O) groups excluding carboxylic acids is 1. The topological polar surface area (TPSA) is 81.9 Å². The monoisotopic (exact) mass is 343 g/mol. The molecule has 3 aromatic rings. The van der Waals surface area contributed by atoms with Gasteiger partial charge in [0.1, 0.15) is 30.0 Å².